The lowest BCUT2D eigenvalue weighted by Crippen LogP contribution is -2.14. The maximum absolute atomic E-state index is 13.7. The third kappa shape index (κ3) is 3.38. The van der Waals surface area contributed by atoms with E-state index in [1.165, 1.54) is 30.3 Å². The van der Waals surface area contributed by atoms with Crippen molar-refractivity contribution in [3.05, 3.63) is 58.4 Å². The van der Waals surface area contributed by atoms with Gasteiger partial charge in [0.25, 0.3) is 10.0 Å². The highest BCUT2D eigenvalue weighted by atomic mass is 35.5. The average Bonchev–Trinajstić information content (AvgIpc) is 2.46. The Balaban J connectivity index is 2.36. The van der Waals surface area contributed by atoms with Crippen molar-refractivity contribution in [2.24, 2.45) is 0 Å². The third-order valence-electron chi connectivity index (χ3n) is 3.04. The molecule has 4 nitrogen and oxygen atoms in total. The second-order valence-electron chi connectivity index (χ2n) is 4.52. The predicted molar refractivity (Wildman–Crippen MR) is 82.8 cm³/mol. The van der Waals surface area contributed by atoms with Crippen molar-refractivity contribution in [3.8, 4) is 6.07 Å². The van der Waals surface area contributed by atoms with Crippen molar-refractivity contribution in [3.63, 3.8) is 0 Å². The summed E-state index contributed by atoms with van der Waals surface area (Å²) in [5.74, 6) is -0.478. The van der Waals surface area contributed by atoms with Crippen LogP contribution in [0.2, 0.25) is 5.02 Å². The third-order valence-corrected chi connectivity index (χ3v) is 4.90. The number of halogens is 2. The van der Waals surface area contributed by atoms with Crippen LogP contribution in [-0.4, -0.2) is 8.42 Å². The Morgan fingerprint density at radius 3 is 2.55 bits per heavy atom. The van der Waals surface area contributed by atoms with Gasteiger partial charge in [0.05, 0.1) is 22.3 Å². The summed E-state index contributed by atoms with van der Waals surface area (Å²) in [6, 6.07) is 9.84. The summed E-state index contributed by atoms with van der Waals surface area (Å²) in [5.41, 5.74) is 0.858. The monoisotopic (exact) mass is 338 g/mol. The minimum atomic E-state index is -3.96. The second kappa shape index (κ2) is 6.34. The summed E-state index contributed by atoms with van der Waals surface area (Å²) in [6.45, 7) is 1.80. The molecule has 0 fully saturated rings. The molecule has 0 saturated carbocycles. The minimum absolute atomic E-state index is 0.0720. The molecule has 22 heavy (non-hydrogen) atoms. The number of aryl methyl sites for hydroxylation is 1. The number of sulfonamides is 1. The standard InChI is InChI=1S/C15H12ClFN2O2S/c1-2-11-4-5-12(8-14(11)17)19-22(20,21)15-6-3-10(9-18)7-13(15)16/h3-8,19H,2H2,1H3. The Labute approximate surface area is 133 Å². The number of rotatable bonds is 4. The first-order valence-corrected chi connectivity index (χ1v) is 8.24. The van der Waals surface area contributed by atoms with Crippen LogP contribution < -0.4 is 4.72 Å². The van der Waals surface area contributed by atoms with Crippen LogP contribution in [0.4, 0.5) is 10.1 Å². The number of benzene rings is 2. The van der Waals surface area contributed by atoms with Gasteiger partial charge in [-0.05, 0) is 42.3 Å². The van der Waals surface area contributed by atoms with Crippen LogP contribution in [-0.2, 0) is 16.4 Å². The molecular formula is C15H12ClFN2O2S. The highest BCUT2D eigenvalue weighted by molar-refractivity contribution is 7.92. The van der Waals surface area contributed by atoms with Gasteiger partial charge in [-0.3, -0.25) is 4.72 Å². The summed E-state index contributed by atoms with van der Waals surface area (Å²) < 4.78 is 40.6. The summed E-state index contributed by atoms with van der Waals surface area (Å²) in [5, 5.41) is 8.68. The topological polar surface area (TPSA) is 70.0 Å². The average molecular weight is 339 g/mol. The molecular weight excluding hydrogens is 327 g/mol. The van der Waals surface area contributed by atoms with Crippen LogP contribution in [0.25, 0.3) is 0 Å². The first kappa shape index (κ1) is 16.3. The molecule has 114 valence electrons. The van der Waals surface area contributed by atoms with Crippen LogP contribution in [0.5, 0.6) is 0 Å². The molecule has 2 aromatic carbocycles. The van der Waals surface area contributed by atoms with Gasteiger partial charge < -0.3 is 0 Å². The van der Waals surface area contributed by atoms with E-state index in [2.05, 4.69) is 4.72 Å². The van der Waals surface area contributed by atoms with E-state index in [9.17, 15) is 12.8 Å². The summed E-state index contributed by atoms with van der Waals surface area (Å²) in [7, 11) is -3.96. The van der Waals surface area contributed by atoms with Crippen molar-refractivity contribution >= 4 is 27.3 Å². The van der Waals surface area contributed by atoms with Crippen LogP contribution in [0.15, 0.2) is 41.3 Å². The molecule has 0 aliphatic carbocycles. The molecule has 7 heteroatoms. The van der Waals surface area contributed by atoms with Gasteiger partial charge in [-0.25, -0.2) is 12.8 Å². The van der Waals surface area contributed by atoms with Gasteiger partial charge in [0.2, 0.25) is 0 Å². The predicted octanol–water partition coefficient (Wildman–Crippen LogP) is 3.71. The van der Waals surface area contributed by atoms with Gasteiger partial charge in [-0.15, -0.1) is 0 Å². The molecule has 2 rings (SSSR count). The zero-order valence-electron chi connectivity index (χ0n) is 11.6. The van der Waals surface area contributed by atoms with E-state index >= 15 is 0 Å². The smallest absolute Gasteiger partial charge is 0.263 e. The highest BCUT2D eigenvalue weighted by Gasteiger charge is 2.19. The summed E-state index contributed by atoms with van der Waals surface area (Å²) in [4.78, 5) is -0.173. The van der Waals surface area contributed by atoms with Crippen molar-refractivity contribution in [2.75, 3.05) is 4.72 Å². The van der Waals surface area contributed by atoms with Gasteiger partial charge in [-0.2, -0.15) is 5.26 Å². The van der Waals surface area contributed by atoms with E-state index in [1.54, 1.807) is 6.92 Å². The molecule has 0 bridgehead atoms. The Morgan fingerprint density at radius 2 is 2.00 bits per heavy atom. The first-order chi connectivity index (χ1) is 10.4. The van der Waals surface area contributed by atoms with Crippen LogP contribution in [0.1, 0.15) is 18.1 Å². The number of hydrogen-bond acceptors (Lipinski definition) is 3. The summed E-state index contributed by atoms with van der Waals surface area (Å²) >= 11 is 5.89. The molecule has 0 heterocycles. The molecule has 0 radical (unpaired) electrons. The Morgan fingerprint density at radius 1 is 1.27 bits per heavy atom. The van der Waals surface area contributed by atoms with Crippen molar-refractivity contribution in [1.29, 1.82) is 5.26 Å². The van der Waals surface area contributed by atoms with Crippen LogP contribution in [0, 0.1) is 17.1 Å². The van der Waals surface area contributed by atoms with E-state index < -0.39 is 15.8 Å². The Hall–Kier alpha value is -2.10. The fourth-order valence-corrected chi connectivity index (χ4v) is 3.49. The lowest BCUT2D eigenvalue weighted by molar-refractivity contribution is 0.601. The Kier molecular flexibility index (Phi) is 4.69. The largest absolute Gasteiger partial charge is 0.279 e. The summed E-state index contributed by atoms with van der Waals surface area (Å²) in [6.07, 6.45) is 0.514. The van der Waals surface area contributed by atoms with Gasteiger partial charge in [0, 0.05) is 0 Å². The molecule has 0 aromatic heterocycles. The zero-order chi connectivity index (χ0) is 16.3. The second-order valence-corrected chi connectivity index (χ2v) is 6.58. The van der Waals surface area contributed by atoms with Crippen molar-refractivity contribution < 1.29 is 12.8 Å². The van der Waals surface area contributed by atoms with Gasteiger partial charge in [-0.1, -0.05) is 24.6 Å². The molecule has 2 aromatic rings. The van der Waals surface area contributed by atoms with Crippen molar-refractivity contribution in [2.45, 2.75) is 18.2 Å². The van der Waals surface area contributed by atoms with E-state index in [4.69, 9.17) is 16.9 Å². The van der Waals surface area contributed by atoms with Crippen LogP contribution >= 0.6 is 11.6 Å². The lowest BCUT2D eigenvalue weighted by Gasteiger charge is -2.10. The van der Waals surface area contributed by atoms with E-state index in [1.807, 2.05) is 6.07 Å². The number of anilines is 1. The minimum Gasteiger partial charge on any atom is -0.279 e. The normalized spacial score (nSPS) is 11.0. The van der Waals surface area contributed by atoms with Gasteiger partial charge in [0.15, 0.2) is 0 Å². The van der Waals surface area contributed by atoms with E-state index in [-0.39, 0.29) is 21.2 Å². The number of hydrogen-bond donors (Lipinski definition) is 1. The van der Waals surface area contributed by atoms with Gasteiger partial charge in [0.1, 0.15) is 10.7 Å². The lowest BCUT2D eigenvalue weighted by atomic mass is 10.1. The Bertz CT molecular complexity index is 860. The first-order valence-electron chi connectivity index (χ1n) is 6.38. The molecule has 0 atom stereocenters. The molecule has 1 N–H and O–H groups in total. The molecule has 0 aliphatic heterocycles. The molecule has 0 aliphatic rings. The number of nitriles is 1. The highest BCUT2D eigenvalue weighted by Crippen LogP contribution is 2.25. The fraction of sp³-hybridized carbons (Fsp3) is 0.133. The fourth-order valence-electron chi connectivity index (χ4n) is 1.90. The molecule has 0 saturated heterocycles. The van der Waals surface area contributed by atoms with Gasteiger partial charge >= 0.3 is 0 Å². The molecule has 0 amide bonds. The molecule has 0 spiro atoms. The SMILES string of the molecule is CCc1ccc(NS(=O)(=O)c2ccc(C#N)cc2Cl)cc1F. The maximum atomic E-state index is 13.7. The quantitative estimate of drug-likeness (QED) is 0.923. The number of nitrogens with one attached hydrogen (secondary N) is 1. The van der Waals surface area contributed by atoms with E-state index in [0.29, 0.717) is 12.0 Å². The van der Waals surface area contributed by atoms with E-state index in [0.717, 1.165) is 6.07 Å². The maximum Gasteiger partial charge on any atom is 0.263 e. The van der Waals surface area contributed by atoms with Crippen LogP contribution in [0.3, 0.4) is 0 Å². The zero-order valence-corrected chi connectivity index (χ0v) is 13.2. The molecule has 0 unspecified atom stereocenters. The number of nitrogens with zero attached hydrogens (tertiary/aromatic N) is 1. The van der Waals surface area contributed by atoms with Crippen molar-refractivity contribution in [1.82, 2.24) is 0 Å².